The molecule has 3 heterocycles. The summed E-state index contributed by atoms with van der Waals surface area (Å²) in [6.45, 7) is 17.4. The number of aromatic nitrogens is 1. The lowest BCUT2D eigenvalue weighted by Gasteiger charge is -2.34. The Morgan fingerprint density at radius 2 is 1.93 bits per heavy atom. The normalized spacial score (nSPS) is 17.4. The lowest BCUT2D eigenvalue weighted by atomic mass is 10.0. The van der Waals surface area contributed by atoms with Crippen LogP contribution in [0.5, 0.6) is 0 Å². The van der Waals surface area contributed by atoms with E-state index in [1.54, 1.807) is 27.2 Å². The molecule has 1 aromatic heterocycles. The number of nitrogens with one attached hydrogen (secondary N) is 1. The van der Waals surface area contributed by atoms with Crippen molar-refractivity contribution in [3.63, 3.8) is 0 Å². The summed E-state index contributed by atoms with van der Waals surface area (Å²) in [4.78, 5) is 45.8. The number of carbonyl (C=O) groups excluding carboxylic acids is 3. The number of aryl methyl sites for hydroxylation is 1. The van der Waals surface area contributed by atoms with Crippen molar-refractivity contribution in [2.75, 3.05) is 20.1 Å². The average Bonchev–Trinajstić information content (AvgIpc) is 3.70. The van der Waals surface area contributed by atoms with Gasteiger partial charge in [0.1, 0.15) is 12.3 Å². The van der Waals surface area contributed by atoms with Crippen LogP contribution in [-0.2, 0) is 20.9 Å². The summed E-state index contributed by atoms with van der Waals surface area (Å²) < 4.78 is 0. The summed E-state index contributed by atoms with van der Waals surface area (Å²) in [7, 11) is 1.96. The van der Waals surface area contributed by atoms with E-state index in [0.717, 1.165) is 30.5 Å². The van der Waals surface area contributed by atoms with Gasteiger partial charge in [-0.25, -0.2) is 4.98 Å². The van der Waals surface area contributed by atoms with E-state index >= 15 is 0 Å². The summed E-state index contributed by atoms with van der Waals surface area (Å²) in [5.41, 5.74) is 7.01. The molecule has 0 aliphatic carbocycles. The molecule has 1 fully saturated rings. The Hall–Kier alpha value is -3.36. The second-order valence-corrected chi connectivity index (χ2v) is 11.0. The predicted molar refractivity (Wildman–Crippen MR) is 170 cm³/mol. The molecule has 2 aliphatic heterocycles. The van der Waals surface area contributed by atoms with E-state index in [-0.39, 0.29) is 23.8 Å². The van der Waals surface area contributed by atoms with Gasteiger partial charge in [-0.2, -0.15) is 0 Å². The molecular weight excluding hydrogens is 532 g/mol. The Balaban J connectivity index is 0.000000296. The number of likely N-dealkylation sites (tertiary alicyclic amines) is 1. The molecule has 8 heteroatoms. The highest BCUT2D eigenvalue weighted by Crippen LogP contribution is 2.29. The van der Waals surface area contributed by atoms with E-state index < -0.39 is 6.04 Å². The fourth-order valence-electron chi connectivity index (χ4n) is 5.13. The fourth-order valence-corrected chi connectivity index (χ4v) is 5.94. The quantitative estimate of drug-likeness (QED) is 0.371. The van der Waals surface area contributed by atoms with Crippen molar-refractivity contribution < 1.29 is 14.4 Å². The molecule has 2 atom stereocenters. The third-order valence-electron chi connectivity index (χ3n) is 7.05. The van der Waals surface area contributed by atoms with Crippen LogP contribution in [0.15, 0.2) is 65.7 Å². The van der Waals surface area contributed by atoms with Gasteiger partial charge in [0.05, 0.1) is 22.1 Å². The lowest BCUT2D eigenvalue weighted by Crippen LogP contribution is -2.53. The first-order valence-electron chi connectivity index (χ1n) is 14.5. The van der Waals surface area contributed by atoms with Gasteiger partial charge in [-0.3, -0.25) is 9.59 Å². The third-order valence-corrected chi connectivity index (χ3v) is 8.03. The van der Waals surface area contributed by atoms with Crippen LogP contribution in [0.3, 0.4) is 0 Å². The van der Waals surface area contributed by atoms with Crippen molar-refractivity contribution in [2.45, 2.75) is 73.0 Å². The third kappa shape index (κ3) is 8.33. The number of hydrogen-bond acceptors (Lipinski definition) is 6. The zero-order chi connectivity index (χ0) is 30.5. The zero-order valence-corrected chi connectivity index (χ0v) is 26.5. The maximum atomic E-state index is 13.1. The van der Waals surface area contributed by atoms with Gasteiger partial charge in [-0.1, -0.05) is 76.8 Å². The zero-order valence-electron chi connectivity index (χ0n) is 25.6. The predicted octanol–water partition coefficient (Wildman–Crippen LogP) is 5.97. The van der Waals surface area contributed by atoms with Gasteiger partial charge >= 0.3 is 0 Å². The Kier molecular flexibility index (Phi) is 13.9. The van der Waals surface area contributed by atoms with Crippen molar-refractivity contribution in [1.29, 1.82) is 0 Å². The van der Waals surface area contributed by atoms with Crippen LogP contribution in [0.25, 0.3) is 10.4 Å². The van der Waals surface area contributed by atoms with Crippen LogP contribution >= 0.6 is 11.3 Å². The van der Waals surface area contributed by atoms with Crippen molar-refractivity contribution in [3.8, 4) is 10.4 Å². The fraction of sp³-hybridized carbons (Fsp3) is 0.455. The van der Waals surface area contributed by atoms with Crippen LogP contribution in [0.1, 0.15) is 58.7 Å². The average molecular weight is 579 g/mol. The largest absolute Gasteiger partial charge is 0.331 e. The number of hydrogen-bond donors (Lipinski definition) is 1. The molecule has 0 bridgehead atoms. The summed E-state index contributed by atoms with van der Waals surface area (Å²) in [5, 5.41) is 3.14. The molecule has 1 aromatic carbocycles. The Morgan fingerprint density at radius 3 is 2.44 bits per heavy atom. The molecule has 0 saturated carbocycles. The first-order chi connectivity index (χ1) is 19.8. The molecule has 7 nitrogen and oxygen atoms in total. The van der Waals surface area contributed by atoms with Gasteiger partial charge in [-0.05, 0) is 56.4 Å². The molecule has 0 spiro atoms. The van der Waals surface area contributed by atoms with E-state index in [0.29, 0.717) is 25.1 Å². The maximum Gasteiger partial charge on any atom is 0.255 e. The van der Waals surface area contributed by atoms with Gasteiger partial charge < -0.3 is 19.9 Å². The van der Waals surface area contributed by atoms with Crippen LogP contribution in [-0.4, -0.2) is 65.1 Å². The number of benzene rings is 1. The number of carbonyl (C=O) groups is 3. The standard InChI is InChI=1S/C19H26N2O3.C12H14N2S.C2H6/c1-5-8-14-11-21(18(23)16(14)6-2)17(13(3)4)19(24)20-10-7-9-15(20)12-22;1-9-12(15-8-14-9)11-5-3-10(4-6-11)7-13-2;1-2/h5-6,8,12-13,15,17H,2,7,9-11H2,1,3-4H3;3-6,8,13H,7H2,1-2H3;1-2H3/b8-5-;;. The Morgan fingerprint density at radius 1 is 1.24 bits per heavy atom. The first-order valence-corrected chi connectivity index (χ1v) is 15.3. The summed E-state index contributed by atoms with van der Waals surface area (Å²) in [6, 6.07) is 7.71. The molecule has 2 aliphatic rings. The number of rotatable bonds is 9. The SMILES string of the molecule is C=CC1=C(/C=C\C)CN(C(C(=O)N2CCCC2C=O)C(C)C)C1=O.CC.CNCc1ccc(-c2scnc2C)cc1. The highest BCUT2D eigenvalue weighted by molar-refractivity contribution is 7.13. The highest BCUT2D eigenvalue weighted by atomic mass is 32.1. The van der Waals surface area contributed by atoms with E-state index in [9.17, 15) is 14.4 Å². The van der Waals surface area contributed by atoms with Crippen LogP contribution in [0, 0.1) is 12.8 Å². The monoisotopic (exact) mass is 578 g/mol. The molecule has 41 heavy (non-hydrogen) atoms. The molecular formula is C33H46N4O3S. The second-order valence-electron chi connectivity index (χ2n) is 10.1. The van der Waals surface area contributed by atoms with E-state index in [2.05, 4.69) is 41.1 Å². The minimum absolute atomic E-state index is 0.0367. The van der Waals surface area contributed by atoms with Crippen molar-refractivity contribution >= 4 is 29.4 Å². The summed E-state index contributed by atoms with van der Waals surface area (Å²) in [6.07, 6.45) is 7.70. The number of amides is 2. The van der Waals surface area contributed by atoms with Crippen LogP contribution in [0.4, 0.5) is 0 Å². The van der Waals surface area contributed by atoms with Crippen molar-refractivity contribution in [2.24, 2.45) is 5.92 Å². The van der Waals surface area contributed by atoms with Crippen LogP contribution < -0.4 is 5.32 Å². The van der Waals surface area contributed by atoms with Gasteiger partial charge in [0, 0.05) is 25.2 Å². The van der Waals surface area contributed by atoms with E-state index in [1.807, 2.05) is 66.3 Å². The van der Waals surface area contributed by atoms with E-state index in [4.69, 9.17) is 0 Å². The summed E-state index contributed by atoms with van der Waals surface area (Å²) in [5.74, 6) is -0.324. The Bertz CT molecular complexity index is 1230. The molecule has 222 valence electrons. The van der Waals surface area contributed by atoms with E-state index in [1.165, 1.54) is 16.0 Å². The molecule has 2 unspecified atom stereocenters. The van der Waals surface area contributed by atoms with Gasteiger partial charge in [0.2, 0.25) is 5.91 Å². The molecule has 2 amide bonds. The van der Waals surface area contributed by atoms with Crippen molar-refractivity contribution in [3.05, 3.63) is 77.0 Å². The number of aldehydes is 1. The minimum Gasteiger partial charge on any atom is -0.331 e. The number of nitrogens with zero attached hydrogens (tertiary/aromatic N) is 3. The summed E-state index contributed by atoms with van der Waals surface area (Å²) >= 11 is 1.70. The van der Waals surface area contributed by atoms with Gasteiger partial charge in [0.25, 0.3) is 5.91 Å². The lowest BCUT2D eigenvalue weighted by molar-refractivity contribution is -0.146. The van der Waals surface area contributed by atoms with Gasteiger partial charge in [-0.15, -0.1) is 11.3 Å². The number of thiazole rings is 1. The first kappa shape index (κ1) is 33.8. The maximum absolute atomic E-state index is 13.1. The topological polar surface area (TPSA) is 82.6 Å². The molecule has 0 radical (unpaired) electrons. The Labute approximate surface area is 250 Å². The minimum atomic E-state index is -0.559. The van der Waals surface area contributed by atoms with Crippen LogP contribution in [0.2, 0.25) is 0 Å². The second kappa shape index (κ2) is 16.8. The van der Waals surface area contributed by atoms with Gasteiger partial charge in [0.15, 0.2) is 0 Å². The highest BCUT2D eigenvalue weighted by Gasteiger charge is 2.42. The molecule has 1 N–H and O–H groups in total. The smallest absolute Gasteiger partial charge is 0.255 e. The molecule has 1 saturated heterocycles. The van der Waals surface area contributed by atoms with Crippen molar-refractivity contribution in [1.82, 2.24) is 20.1 Å². The molecule has 4 rings (SSSR count). The molecule has 2 aromatic rings. The number of allylic oxidation sites excluding steroid dienone is 1.